The molecule has 19 heavy (non-hydrogen) atoms. The van der Waals surface area contributed by atoms with Gasteiger partial charge >= 0.3 is 0 Å². The van der Waals surface area contributed by atoms with Crippen LogP contribution in [0.15, 0.2) is 41.6 Å². The molecule has 0 unspecified atom stereocenters. The molecule has 2 rings (SSSR count). The van der Waals surface area contributed by atoms with Gasteiger partial charge in [0.2, 0.25) is 0 Å². The van der Waals surface area contributed by atoms with Crippen LogP contribution in [0.1, 0.15) is 5.56 Å². The summed E-state index contributed by atoms with van der Waals surface area (Å²) >= 11 is 7.38. The Morgan fingerprint density at radius 2 is 2.21 bits per heavy atom. The number of nitrogens with zero attached hydrogens (tertiary/aromatic N) is 2. The minimum absolute atomic E-state index is 0.0249. The molecule has 0 aliphatic rings. The summed E-state index contributed by atoms with van der Waals surface area (Å²) in [5.74, 6) is 0.476. The van der Waals surface area contributed by atoms with Crippen LogP contribution in [0.3, 0.4) is 0 Å². The van der Waals surface area contributed by atoms with E-state index in [0.29, 0.717) is 27.1 Å². The summed E-state index contributed by atoms with van der Waals surface area (Å²) in [6.07, 6.45) is 1.64. The van der Waals surface area contributed by atoms with E-state index in [2.05, 4.69) is 4.98 Å². The van der Waals surface area contributed by atoms with Crippen molar-refractivity contribution in [3.05, 3.63) is 57.2 Å². The lowest BCUT2D eigenvalue weighted by Crippen LogP contribution is -1.96. The number of nitrogen functional groups attached to an aromatic ring is 1. The third-order valence-electron chi connectivity index (χ3n) is 2.43. The van der Waals surface area contributed by atoms with Gasteiger partial charge < -0.3 is 5.73 Å². The number of nitrogens with two attached hydrogens (primary N) is 1. The number of pyridine rings is 1. The normalized spacial score (nSPS) is 10.4. The molecule has 0 saturated carbocycles. The van der Waals surface area contributed by atoms with Crippen LogP contribution in [0.2, 0.25) is 5.02 Å². The molecule has 5 nitrogen and oxygen atoms in total. The monoisotopic (exact) mass is 295 g/mol. The van der Waals surface area contributed by atoms with Gasteiger partial charge in [0, 0.05) is 29.8 Å². The van der Waals surface area contributed by atoms with Crippen LogP contribution in [0.4, 0.5) is 11.4 Å². The van der Waals surface area contributed by atoms with E-state index in [9.17, 15) is 10.1 Å². The van der Waals surface area contributed by atoms with Crippen LogP contribution in [0.5, 0.6) is 0 Å². The number of nitro benzene ring substituents is 1. The van der Waals surface area contributed by atoms with Crippen molar-refractivity contribution in [2.24, 2.45) is 0 Å². The largest absolute Gasteiger partial charge is 0.398 e. The summed E-state index contributed by atoms with van der Waals surface area (Å²) in [5.41, 5.74) is 7.04. The van der Waals surface area contributed by atoms with Gasteiger partial charge in [0.05, 0.1) is 9.95 Å². The zero-order valence-corrected chi connectivity index (χ0v) is 11.3. The van der Waals surface area contributed by atoms with Crippen LogP contribution < -0.4 is 5.73 Å². The van der Waals surface area contributed by atoms with Crippen molar-refractivity contribution in [1.29, 1.82) is 0 Å². The Balaban J connectivity index is 2.17. The molecular formula is C12H10ClN3O2S. The second-order valence-corrected chi connectivity index (χ2v) is 5.09. The summed E-state index contributed by atoms with van der Waals surface area (Å²) in [5, 5.41) is 11.9. The number of thioether (sulfide) groups is 1. The highest BCUT2D eigenvalue weighted by molar-refractivity contribution is 7.98. The molecule has 7 heteroatoms. The van der Waals surface area contributed by atoms with E-state index in [-0.39, 0.29) is 5.69 Å². The van der Waals surface area contributed by atoms with Gasteiger partial charge in [-0.2, -0.15) is 0 Å². The molecule has 0 spiro atoms. The number of non-ortho nitro benzene ring substituents is 1. The predicted molar refractivity (Wildman–Crippen MR) is 76.3 cm³/mol. The molecule has 0 amide bonds. The molecule has 0 saturated heterocycles. The molecule has 2 aromatic rings. The fourth-order valence-electron chi connectivity index (χ4n) is 1.45. The van der Waals surface area contributed by atoms with Crippen molar-refractivity contribution in [2.75, 3.05) is 5.73 Å². The van der Waals surface area contributed by atoms with Gasteiger partial charge in [0.1, 0.15) is 5.03 Å². The second-order valence-electron chi connectivity index (χ2n) is 3.72. The predicted octanol–water partition coefficient (Wildman–Crippen LogP) is 3.52. The van der Waals surface area contributed by atoms with Gasteiger partial charge in [-0.05, 0) is 23.8 Å². The van der Waals surface area contributed by atoms with Gasteiger partial charge in [-0.3, -0.25) is 10.1 Å². The number of anilines is 1. The quantitative estimate of drug-likeness (QED) is 0.404. The fraction of sp³-hybridized carbons (Fsp3) is 0.0833. The zero-order valence-electron chi connectivity index (χ0n) is 9.75. The highest BCUT2D eigenvalue weighted by Crippen LogP contribution is 2.30. The lowest BCUT2D eigenvalue weighted by atomic mass is 10.2. The van der Waals surface area contributed by atoms with Crippen molar-refractivity contribution in [3.8, 4) is 0 Å². The molecule has 1 heterocycles. The van der Waals surface area contributed by atoms with E-state index < -0.39 is 4.92 Å². The Morgan fingerprint density at radius 1 is 1.42 bits per heavy atom. The Morgan fingerprint density at radius 3 is 2.89 bits per heavy atom. The summed E-state index contributed by atoms with van der Waals surface area (Å²) in [7, 11) is 0. The van der Waals surface area contributed by atoms with Crippen molar-refractivity contribution in [3.63, 3.8) is 0 Å². The highest BCUT2D eigenvalue weighted by atomic mass is 35.5. The highest BCUT2D eigenvalue weighted by Gasteiger charge is 2.10. The van der Waals surface area contributed by atoms with Crippen molar-refractivity contribution >= 4 is 34.7 Å². The van der Waals surface area contributed by atoms with Crippen molar-refractivity contribution < 1.29 is 4.92 Å². The number of aromatic nitrogens is 1. The number of hydrogen-bond donors (Lipinski definition) is 1. The van der Waals surface area contributed by atoms with E-state index in [1.807, 2.05) is 0 Å². The zero-order chi connectivity index (χ0) is 13.8. The van der Waals surface area contributed by atoms with Crippen LogP contribution in [0, 0.1) is 10.1 Å². The topological polar surface area (TPSA) is 82.0 Å². The van der Waals surface area contributed by atoms with E-state index in [1.165, 1.54) is 30.0 Å². The van der Waals surface area contributed by atoms with Crippen molar-refractivity contribution in [2.45, 2.75) is 10.8 Å². The van der Waals surface area contributed by atoms with Crippen LogP contribution in [-0.2, 0) is 5.75 Å². The SMILES string of the molecule is Nc1ccc([N+](=O)[O-])cc1CSc1ncccc1Cl. The number of rotatable bonds is 4. The number of benzene rings is 1. The molecule has 0 fully saturated rings. The van der Waals surface area contributed by atoms with E-state index in [0.717, 1.165) is 0 Å². The first kappa shape index (κ1) is 13.6. The Labute approximate surface area is 118 Å². The lowest BCUT2D eigenvalue weighted by Gasteiger charge is -2.06. The third kappa shape index (κ3) is 3.36. The Bertz CT molecular complexity index is 622. The summed E-state index contributed by atoms with van der Waals surface area (Å²) < 4.78 is 0. The molecular weight excluding hydrogens is 286 g/mol. The molecule has 0 aliphatic carbocycles. The lowest BCUT2D eigenvalue weighted by molar-refractivity contribution is -0.384. The minimum Gasteiger partial charge on any atom is -0.398 e. The summed E-state index contributed by atoms with van der Waals surface area (Å²) in [4.78, 5) is 14.4. The van der Waals surface area contributed by atoms with Gasteiger partial charge in [0.25, 0.3) is 5.69 Å². The van der Waals surface area contributed by atoms with E-state index in [4.69, 9.17) is 17.3 Å². The first-order valence-electron chi connectivity index (χ1n) is 5.34. The number of halogens is 1. The maximum Gasteiger partial charge on any atom is 0.269 e. The second kappa shape index (κ2) is 5.90. The van der Waals surface area contributed by atoms with Crippen LogP contribution >= 0.6 is 23.4 Å². The molecule has 1 aromatic heterocycles. The molecule has 1 aromatic carbocycles. The van der Waals surface area contributed by atoms with Gasteiger partial charge in [0.15, 0.2) is 0 Å². The van der Waals surface area contributed by atoms with E-state index in [1.54, 1.807) is 18.3 Å². The maximum atomic E-state index is 10.7. The van der Waals surface area contributed by atoms with Gasteiger partial charge in [-0.15, -0.1) is 11.8 Å². The Hall–Kier alpha value is -1.79. The van der Waals surface area contributed by atoms with Crippen molar-refractivity contribution in [1.82, 2.24) is 4.98 Å². The average Bonchev–Trinajstić information content (AvgIpc) is 2.39. The molecule has 0 atom stereocenters. The standard InChI is InChI=1S/C12H10ClN3O2S/c13-10-2-1-5-15-12(10)19-7-8-6-9(16(17)18)3-4-11(8)14/h1-6H,7,14H2. The first-order chi connectivity index (χ1) is 9.08. The maximum absolute atomic E-state index is 10.7. The summed E-state index contributed by atoms with van der Waals surface area (Å²) in [6.45, 7) is 0. The first-order valence-corrected chi connectivity index (χ1v) is 6.70. The van der Waals surface area contributed by atoms with Crippen LogP contribution in [0.25, 0.3) is 0 Å². The molecule has 0 bridgehead atoms. The van der Waals surface area contributed by atoms with Gasteiger partial charge in [-0.1, -0.05) is 11.6 Å². The molecule has 0 aliphatic heterocycles. The summed E-state index contributed by atoms with van der Waals surface area (Å²) in [6, 6.07) is 7.88. The molecule has 2 N–H and O–H groups in total. The average molecular weight is 296 g/mol. The molecule has 98 valence electrons. The van der Waals surface area contributed by atoms with Crippen LogP contribution in [-0.4, -0.2) is 9.91 Å². The smallest absolute Gasteiger partial charge is 0.269 e. The fourth-order valence-corrected chi connectivity index (χ4v) is 2.62. The van der Waals surface area contributed by atoms with Gasteiger partial charge in [-0.25, -0.2) is 4.98 Å². The number of nitro groups is 1. The third-order valence-corrected chi connectivity index (χ3v) is 3.90. The Kier molecular flexibility index (Phi) is 4.24. The molecule has 0 radical (unpaired) electrons. The number of hydrogen-bond acceptors (Lipinski definition) is 5. The van der Waals surface area contributed by atoms with E-state index >= 15 is 0 Å². The minimum atomic E-state index is -0.443.